The van der Waals surface area contributed by atoms with Crippen molar-refractivity contribution in [2.45, 2.75) is 75.9 Å². The van der Waals surface area contributed by atoms with E-state index in [-0.39, 0.29) is 23.9 Å². The summed E-state index contributed by atoms with van der Waals surface area (Å²) in [6, 6.07) is 17.5. The van der Waals surface area contributed by atoms with Gasteiger partial charge in [0.15, 0.2) is 0 Å². The standard InChI is InChI=1S/C44H50N8O8/c1-25(57-3)37(49-43(55)59-5)41(53)51-21-7-9-35(51)39-45-31-19-15-28(23-33(31)47-39)12-11-27-13-16-29(17-14-27)30-18-20-32-34(24-30)48-40(46-32)36-10-8-22-52(36)42(54)38(26(2)58-4)50-44(56)60-6/h13-20,23-26,35-38H,7-10,21-22H2,1-6H3,(H,45,47)(H,46,48)(H,49,55)(H,50,56)/t25-,26-,35?,36?,37?,38?/m1/s1. The molecule has 0 bridgehead atoms. The molecule has 0 saturated carbocycles. The topological polar surface area (TPSA) is 193 Å². The van der Waals surface area contributed by atoms with Crippen molar-refractivity contribution < 1.29 is 38.1 Å². The zero-order chi connectivity index (χ0) is 42.5. The quantitative estimate of drug-likeness (QED) is 0.126. The molecule has 2 aliphatic rings. The number of fused-ring (bicyclic) bond motifs is 2. The van der Waals surface area contributed by atoms with Crippen LogP contribution < -0.4 is 10.6 Å². The molecule has 2 fully saturated rings. The van der Waals surface area contributed by atoms with Crippen molar-refractivity contribution in [2.75, 3.05) is 41.5 Å². The molecular weight excluding hydrogens is 769 g/mol. The maximum absolute atomic E-state index is 13.7. The Balaban J connectivity index is 1.03. The van der Waals surface area contributed by atoms with Gasteiger partial charge in [0.05, 0.1) is 60.6 Å². The van der Waals surface area contributed by atoms with E-state index in [0.717, 1.165) is 70.0 Å². The van der Waals surface area contributed by atoms with Crippen LogP contribution in [-0.2, 0) is 28.5 Å². The maximum atomic E-state index is 13.7. The van der Waals surface area contributed by atoms with E-state index in [1.54, 1.807) is 23.6 Å². The fourth-order valence-electron chi connectivity index (χ4n) is 7.91. The number of nitrogens with one attached hydrogen (secondary N) is 4. The number of imidazole rings is 2. The second-order valence-corrected chi connectivity index (χ2v) is 15.0. The number of ether oxygens (including phenoxy) is 4. The number of aromatic amines is 2. The molecule has 2 saturated heterocycles. The van der Waals surface area contributed by atoms with E-state index >= 15 is 0 Å². The van der Waals surface area contributed by atoms with Crippen LogP contribution in [0, 0.1) is 11.8 Å². The highest BCUT2D eigenvalue weighted by Crippen LogP contribution is 2.35. The minimum atomic E-state index is -0.908. The van der Waals surface area contributed by atoms with Gasteiger partial charge in [-0.15, -0.1) is 0 Å². The van der Waals surface area contributed by atoms with Crippen LogP contribution in [-0.4, -0.2) is 120 Å². The molecule has 4 unspecified atom stereocenters. The molecule has 0 aliphatic carbocycles. The molecule has 2 aromatic heterocycles. The third kappa shape index (κ3) is 8.77. The van der Waals surface area contributed by atoms with Crippen LogP contribution in [0.1, 0.15) is 74.4 Å². The number of benzene rings is 3. The van der Waals surface area contributed by atoms with E-state index < -0.39 is 36.5 Å². The van der Waals surface area contributed by atoms with Crippen LogP contribution in [0.4, 0.5) is 9.59 Å². The Morgan fingerprint density at radius 2 is 1.10 bits per heavy atom. The number of amides is 4. The average Bonchev–Trinajstić information content (AvgIpc) is 4.11. The Labute approximate surface area is 347 Å². The molecule has 4 heterocycles. The lowest BCUT2D eigenvalue weighted by atomic mass is 10.0. The molecule has 0 spiro atoms. The van der Waals surface area contributed by atoms with E-state index in [9.17, 15) is 19.2 Å². The fraction of sp³-hybridized carbons (Fsp3) is 0.409. The molecule has 3 aromatic carbocycles. The molecule has 6 atom stereocenters. The highest BCUT2D eigenvalue weighted by Gasteiger charge is 2.40. The molecular formula is C44H50N8O8. The van der Waals surface area contributed by atoms with Gasteiger partial charge in [0, 0.05) is 38.4 Å². The number of rotatable bonds is 11. The number of hydrogen-bond acceptors (Lipinski definition) is 10. The van der Waals surface area contributed by atoms with E-state index in [2.05, 4.69) is 38.5 Å². The molecule has 0 radical (unpaired) electrons. The Morgan fingerprint density at radius 3 is 1.60 bits per heavy atom. The van der Waals surface area contributed by atoms with E-state index in [0.29, 0.717) is 24.7 Å². The minimum Gasteiger partial charge on any atom is -0.453 e. The Hall–Kier alpha value is -6.44. The molecule has 60 heavy (non-hydrogen) atoms. The molecule has 5 aromatic rings. The molecule has 4 amide bonds. The normalized spacial score (nSPS) is 18.4. The summed E-state index contributed by atoms with van der Waals surface area (Å²) in [6.07, 6.45) is 0.543. The summed E-state index contributed by atoms with van der Waals surface area (Å²) in [5, 5.41) is 5.25. The van der Waals surface area contributed by atoms with Crippen molar-refractivity contribution in [3.8, 4) is 23.0 Å². The SMILES string of the molecule is COC(=O)NC(C(=O)N1CCCC1c1nc2ccc(C#Cc3ccc(-c4ccc5nc(C6CCCN6C(=O)C(NC(=O)OC)[C@@H](C)OC)[nH]c5c4)cc3)cc2[nH]1)[C@@H](C)OC. The summed E-state index contributed by atoms with van der Waals surface area (Å²) in [4.78, 5) is 71.4. The van der Waals surface area contributed by atoms with Gasteiger partial charge in [-0.05, 0) is 93.1 Å². The lowest BCUT2D eigenvalue weighted by molar-refractivity contribution is -0.138. The number of likely N-dealkylation sites (tertiary alicyclic amines) is 2. The number of alkyl carbamates (subject to hydrolysis) is 2. The van der Waals surface area contributed by atoms with Crippen LogP contribution in [0.15, 0.2) is 60.7 Å². The van der Waals surface area contributed by atoms with Gasteiger partial charge in [-0.25, -0.2) is 19.6 Å². The van der Waals surface area contributed by atoms with Gasteiger partial charge in [-0.2, -0.15) is 0 Å². The number of hydrogen-bond donors (Lipinski definition) is 4. The van der Waals surface area contributed by atoms with Crippen molar-refractivity contribution in [2.24, 2.45) is 0 Å². The van der Waals surface area contributed by atoms with Crippen LogP contribution >= 0.6 is 0 Å². The number of carbonyl (C=O) groups excluding carboxylic acids is 4. The summed E-state index contributed by atoms with van der Waals surface area (Å²) in [5.41, 5.74) is 6.89. The van der Waals surface area contributed by atoms with Gasteiger partial charge in [0.2, 0.25) is 11.8 Å². The van der Waals surface area contributed by atoms with Gasteiger partial charge in [0.25, 0.3) is 0 Å². The lowest BCUT2D eigenvalue weighted by Gasteiger charge is -2.30. The van der Waals surface area contributed by atoms with Gasteiger partial charge >= 0.3 is 12.2 Å². The number of nitrogens with zero attached hydrogens (tertiary/aromatic N) is 4. The van der Waals surface area contributed by atoms with E-state index in [1.807, 2.05) is 54.6 Å². The second kappa shape index (κ2) is 18.2. The summed E-state index contributed by atoms with van der Waals surface area (Å²) in [6.45, 7) is 4.53. The van der Waals surface area contributed by atoms with Crippen molar-refractivity contribution in [3.63, 3.8) is 0 Å². The number of carbonyl (C=O) groups is 4. The Kier molecular flexibility index (Phi) is 12.7. The highest BCUT2D eigenvalue weighted by atomic mass is 16.5. The smallest absolute Gasteiger partial charge is 0.407 e. The van der Waals surface area contributed by atoms with Crippen LogP contribution in [0.5, 0.6) is 0 Å². The summed E-state index contributed by atoms with van der Waals surface area (Å²) in [7, 11) is 5.50. The van der Waals surface area contributed by atoms with Gasteiger partial charge < -0.3 is 49.3 Å². The monoisotopic (exact) mass is 818 g/mol. The second-order valence-electron chi connectivity index (χ2n) is 15.0. The van der Waals surface area contributed by atoms with Crippen LogP contribution in [0.25, 0.3) is 33.2 Å². The van der Waals surface area contributed by atoms with Gasteiger partial charge in [-0.3, -0.25) is 9.59 Å². The van der Waals surface area contributed by atoms with Gasteiger partial charge in [0.1, 0.15) is 23.7 Å². The van der Waals surface area contributed by atoms with E-state index in [1.165, 1.54) is 28.4 Å². The lowest BCUT2D eigenvalue weighted by Crippen LogP contribution is -2.54. The molecule has 2 aliphatic heterocycles. The Bertz CT molecular complexity index is 2430. The molecule has 16 heteroatoms. The first kappa shape index (κ1) is 41.7. The Morgan fingerprint density at radius 1 is 0.650 bits per heavy atom. The first-order valence-corrected chi connectivity index (χ1v) is 20.0. The number of methoxy groups -OCH3 is 4. The molecule has 7 rings (SSSR count). The van der Waals surface area contributed by atoms with Crippen LogP contribution in [0.2, 0.25) is 0 Å². The highest BCUT2D eigenvalue weighted by molar-refractivity contribution is 5.88. The van der Waals surface area contributed by atoms with Crippen molar-refractivity contribution >= 4 is 46.1 Å². The number of H-pyrrole nitrogens is 2. The fourth-order valence-corrected chi connectivity index (χ4v) is 7.91. The van der Waals surface area contributed by atoms with Crippen molar-refractivity contribution in [1.82, 2.24) is 40.4 Å². The maximum Gasteiger partial charge on any atom is 0.407 e. The summed E-state index contributed by atoms with van der Waals surface area (Å²) in [5.74, 6) is 7.39. The third-order valence-corrected chi connectivity index (χ3v) is 11.4. The third-order valence-electron chi connectivity index (χ3n) is 11.4. The first-order chi connectivity index (χ1) is 29.0. The zero-order valence-corrected chi connectivity index (χ0v) is 34.5. The predicted octanol–water partition coefficient (Wildman–Crippen LogP) is 5.35. The van der Waals surface area contributed by atoms with E-state index in [4.69, 9.17) is 28.9 Å². The zero-order valence-electron chi connectivity index (χ0n) is 34.5. The molecule has 4 N–H and O–H groups in total. The molecule has 16 nitrogen and oxygen atoms in total. The predicted molar refractivity (Wildman–Crippen MR) is 223 cm³/mol. The average molecular weight is 819 g/mol. The largest absolute Gasteiger partial charge is 0.453 e. The van der Waals surface area contributed by atoms with Crippen molar-refractivity contribution in [1.29, 1.82) is 0 Å². The van der Waals surface area contributed by atoms with Crippen LogP contribution in [0.3, 0.4) is 0 Å². The molecule has 314 valence electrons. The first-order valence-electron chi connectivity index (χ1n) is 20.0. The number of aromatic nitrogens is 4. The van der Waals surface area contributed by atoms with Crippen molar-refractivity contribution in [3.05, 3.63) is 83.4 Å². The summed E-state index contributed by atoms with van der Waals surface area (Å²) < 4.78 is 20.3. The minimum absolute atomic E-state index is 0.252. The van der Waals surface area contributed by atoms with Gasteiger partial charge in [-0.1, -0.05) is 30.0 Å². The summed E-state index contributed by atoms with van der Waals surface area (Å²) >= 11 is 0.